The third-order valence-corrected chi connectivity index (χ3v) is 8.12. The number of nitrogens with one attached hydrogen (secondary N) is 2. The lowest BCUT2D eigenvalue weighted by molar-refractivity contribution is -0.154. The molecule has 0 spiro atoms. The van der Waals surface area contributed by atoms with Crippen LogP contribution in [0, 0.1) is 22.7 Å². The highest BCUT2D eigenvalue weighted by molar-refractivity contribution is 7.99. The Kier molecular flexibility index (Phi) is 21.5. The number of carbonyl (C=O) groups is 6. The Labute approximate surface area is 281 Å². The Morgan fingerprint density at radius 2 is 1.17 bits per heavy atom. The molecule has 0 aromatic carbocycles. The monoisotopic (exact) mass is 674 g/mol. The molecule has 0 unspecified atom stereocenters. The second kappa shape index (κ2) is 21.8. The minimum absolute atomic E-state index is 0.102. The van der Waals surface area contributed by atoms with E-state index in [-0.39, 0.29) is 47.9 Å². The second-order valence-corrected chi connectivity index (χ2v) is 15.4. The zero-order valence-electron chi connectivity index (χ0n) is 30.5. The molecule has 0 aliphatic rings. The Balaban J connectivity index is 0. The Bertz CT molecular complexity index is 890. The van der Waals surface area contributed by atoms with Crippen molar-refractivity contribution in [3.63, 3.8) is 0 Å². The molecule has 0 bridgehead atoms. The number of amides is 6. The lowest BCUT2D eigenvalue weighted by Gasteiger charge is -2.33. The first kappa shape index (κ1) is 45.3. The number of nitrogens with zero attached hydrogens (tertiary/aromatic N) is 4. The fourth-order valence-electron chi connectivity index (χ4n) is 4.22. The van der Waals surface area contributed by atoms with Crippen LogP contribution >= 0.6 is 11.8 Å². The summed E-state index contributed by atoms with van der Waals surface area (Å²) in [6.45, 7) is 15.7. The van der Waals surface area contributed by atoms with E-state index >= 15 is 0 Å². The molecular weight excluding hydrogens is 612 g/mol. The fraction of sp³-hybridized carbons (Fsp3) is 0.812. The predicted molar refractivity (Wildman–Crippen MR) is 183 cm³/mol. The van der Waals surface area contributed by atoms with Crippen LogP contribution in [0.2, 0.25) is 0 Å². The number of rotatable bonds is 18. The zero-order valence-corrected chi connectivity index (χ0v) is 31.3. The first-order chi connectivity index (χ1) is 21.1. The number of thioether (sulfide) groups is 1. The van der Waals surface area contributed by atoms with Crippen molar-refractivity contribution < 1.29 is 34.0 Å². The molecule has 0 aliphatic heterocycles. The third kappa shape index (κ3) is 17.7. The molecule has 0 rings (SSSR count). The number of hydroxylamine groups is 2. The van der Waals surface area contributed by atoms with Crippen molar-refractivity contribution >= 4 is 48.2 Å². The lowest BCUT2D eigenvalue weighted by atomic mass is 9.85. The summed E-state index contributed by atoms with van der Waals surface area (Å²) in [5.41, 5.74) is -0.841. The van der Waals surface area contributed by atoms with Gasteiger partial charge in [0.15, 0.2) is 0 Å². The van der Waals surface area contributed by atoms with E-state index in [9.17, 15) is 34.0 Å². The maximum atomic E-state index is 12.7. The van der Waals surface area contributed by atoms with Crippen LogP contribution in [-0.2, 0) is 28.8 Å². The molecule has 0 heterocycles. The topological polar surface area (TPSA) is 160 Å². The van der Waals surface area contributed by atoms with Gasteiger partial charge in [-0.25, -0.2) is 5.06 Å². The summed E-state index contributed by atoms with van der Waals surface area (Å²) < 4.78 is 0. The van der Waals surface area contributed by atoms with Gasteiger partial charge in [-0.05, 0) is 23.0 Å². The zero-order chi connectivity index (χ0) is 36.4. The second-order valence-electron chi connectivity index (χ2n) is 14.0. The molecule has 0 fully saturated rings. The summed E-state index contributed by atoms with van der Waals surface area (Å²) in [6, 6.07) is -1.27. The number of unbranched alkanes of at least 4 members (excludes halogenated alkanes) is 1. The third-order valence-electron chi connectivity index (χ3n) is 7.07. The van der Waals surface area contributed by atoms with Gasteiger partial charge in [0.25, 0.3) is 0 Å². The highest BCUT2D eigenvalue weighted by Crippen LogP contribution is 2.23. The van der Waals surface area contributed by atoms with Crippen LogP contribution in [0.15, 0.2) is 0 Å². The number of likely N-dealkylation sites (N-methyl/N-ethyl adjacent to an activating group) is 2. The quantitative estimate of drug-likeness (QED) is 0.114. The summed E-state index contributed by atoms with van der Waals surface area (Å²) in [5.74, 6) is -0.437. The van der Waals surface area contributed by atoms with Crippen molar-refractivity contribution in [1.29, 1.82) is 0 Å². The van der Waals surface area contributed by atoms with Gasteiger partial charge in [-0.15, -0.1) is 0 Å². The molecule has 0 saturated heterocycles. The van der Waals surface area contributed by atoms with Crippen molar-refractivity contribution in [1.82, 2.24) is 30.4 Å². The summed E-state index contributed by atoms with van der Waals surface area (Å²) in [7, 11) is 8.30. The summed E-state index contributed by atoms with van der Waals surface area (Å²) >= 11 is 1.54. The number of carbonyl (C=O) groups excluding carboxylic acids is 6. The molecule has 4 atom stereocenters. The van der Waals surface area contributed by atoms with E-state index in [1.165, 1.54) is 26.5 Å². The van der Waals surface area contributed by atoms with Crippen molar-refractivity contribution in [3.8, 4) is 0 Å². The molecule has 46 heavy (non-hydrogen) atoms. The van der Waals surface area contributed by atoms with Crippen molar-refractivity contribution in [2.75, 3.05) is 59.8 Å². The SMILES string of the molecule is CCCC[C@H](CN(C)C=O)C(=O)N[C@H](C(=O)N(C)C)C(C)(C)C.CCSC[C@H](CN(O)C=O)C(=O)N[C@H](C(=O)N(C)C)C(C)(C)C. The van der Waals surface area contributed by atoms with Crippen LogP contribution < -0.4 is 10.6 Å². The van der Waals surface area contributed by atoms with Crippen molar-refractivity contribution in [2.45, 2.75) is 86.7 Å². The molecule has 0 aliphatic carbocycles. The van der Waals surface area contributed by atoms with Crippen LogP contribution in [0.1, 0.15) is 74.7 Å². The van der Waals surface area contributed by atoms with Gasteiger partial charge in [-0.2, -0.15) is 11.8 Å². The maximum absolute atomic E-state index is 12.7. The number of hydrogen-bond donors (Lipinski definition) is 3. The van der Waals surface area contributed by atoms with E-state index in [2.05, 4.69) is 17.6 Å². The van der Waals surface area contributed by atoms with Gasteiger partial charge in [-0.3, -0.25) is 34.0 Å². The first-order valence-electron chi connectivity index (χ1n) is 15.8. The Hall–Kier alpha value is -2.87. The van der Waals surface area contributed by atoms with E-state index in [1.54, 1.807) is 35.2 Å². The average molecular weight is 675 g/mol. The van der Waals surface area contributed by atoms with Crippen molar-refractivity contribution in [2.24, 2.45) is 22.7 Å². The molecule has 268 valence electrons. The van der Waals surface area contributed by atoms with Gasteiger partial charge in [0, 0.05) is 47.5 Å². The molecule has 13 nitrogen and oxygen atoms in total. The smallest absolute Gasteiger partial charge is 0.245 e. The van der Waals surface area contributed by atoms with E-state index in [0.717, 1.165) is 25.0 Å². The fourth-order valence-corrected chi connectivity index (χ4v) is 5.00. The molecule has 0 aromatic heterocycles. The van der Waals surface area contributed by atoms with E-state index in [1.807, 2.05) is 48.5 Å². The van der Waals surface area contributed by atoms with Gasteiger partial charge >= 0.3 is 0 Å². The molecule has 0 saturated carbocycles. The normalized spacial score (nSPS) is 13.9. The molecule has 6 amide bonds. The molecule has 0 aromatic rings. The van der Waals surface area contributed by atoms with E-state index in [0.29, 0.717) is 23.8 Å². The minimum atomic E-state index is -0.678. The van der Waals surface area contributed by atoms with Crippen LogP contribution in [0.5, 0.6) is 0 Å². The van der Waals surface area contributed by atoms with Gasteiger partial charge in [0.1, 0.15) is 12.1 Å². The number of hydrogen-bond acceptors (Lipinski definition) is 8. The summed E-state index contributed by atoms with van der Waals surface area (Å²) in [5, 5.41) is 15.5. The van der Waals surface area contributed by atoms with Gasteiger partial charge < -0.3 is 25.3 Å². The van der Waals surface area contributed by atoms with Crippen LogP contribution in [0.4, 0.5) is 0 Å². The van der Waals surface area contributed by atoms with Crippen LogP contribution in [0.3, 0.4) is 0 Å². The van der Waals surface area contributed by atoms with E-state index in [4.69, 9.17) is 0 Å². The highest BCUT2D eigenvalue weighted by Gasteiger charge is 2.36. The predicted octanol–water partition coefficient (Wildman–Crippen LogP) is 2.32. The standard InChI is InChI=1S/C17H33N3O3.C15H29N3O4S/c1-8-9-10-13(11-20(7)12-21)15(22)18-14(17(2,3)4)16(23)19(5)6;1-7-23-9-11(8-18(22)10-19)13(20)16-12(15(2,3)4)14(21)17(5)6/h12-14H,8-11H2,1-7H3,(H,18,22);10-12,22H,7-9H2,1-6H3,(H,16,20)/t13-,14-;11-,12+/m10/s1. The van der Waals surface area contributed by atoms with Gasteiger partial charge in [0.2, 0.25) is 36.4 Å². The average Bonchev–Trinajstić information content (AvgIpc) is 2.96. The first-order valence-corrected chi connectivity index (χ1v) is 16.9. The van der Waals surface area contributed by atoms with Crippen molar-refractivity contribution in [3.05, 3.63) is 0 Å². The Morgan fingerprint density at radius 3 is 1.50 bits per heavy atom. The van der Waals surface area contributed by atoms with Crippen LogP contribution in [-0.4, -0.2) is 133 Å². The minimum Gasteiger partial charge on any atom is -0.348 e. The van der Waals surface area contributed by atoms with Gasteiger partial charge in [0.05, 0.1) is 18.4 Å². The lowest BCUT2D eigenvalue weighted by Crippen LogP contribution is -2.55. The molecule has 0 radical (unpaired) electrons. The molecular formula is C32H62N6O7S. The van der Waals surface area contributed by atoms with Gasteiger partial charge in [-0.1, -0.05) is 68.2 Å². The highest BCUT2D eigenvalue weighted by atomic mass is 32.2. The summed E-state index contributed by atoms with van der Waals surface area (Å²) in [4.78, 5) is 75.8. The molecule has 14 heteroatoms. The maximum Gasteiger partial charge on any atom is 0.245 e. The summed E-state index contributed by atoms with van der Waals surface area (Å²) in [6.07, 6.45) is 3.58. The molecule has 3 N–H and O–H groups in total. The van der Waals surface area contributed by atoms with Crippen LogP contribution in [0.25, 0.3) is 0 Å². The Morgan fingerprint density at radius 1 is 0.739 bits per heavy atom. The van der Waals surface area contributed by atoms with E-state index < -0.39 is 23.4 Å². The largest absolute Gasteiger partial charge is 0.348 e.